The van der Waals surface area contributed by atoms with Crippen LogP contribution < -0.4 is 5.32 Å². The molecule has 0 radical (unpaired) electrons. The Morgan fingerprint density at radius 3 is 2.62 bits per heavy atom. The van der Waals surface area contributed by atoms with Gasteiger partial charge in [-0.25, -0.2) is 4.79 Å². The molecule has 0 saturated heterocycles. The first-order valence-electron chi connectivity index (χ1n) is 5.91. The third-order valence-corrected chi connectivity index (χ3v) is 3.38. The summed E-state index contributed by atoms with van der Waals surface area (Å²) in [7, 11) is 1.47. The fraction of sp³-hybridized carbons (Fsp3) is 0.333. The molecule has 1 aromatic rings. The van der Waals surface area contributed by atoms with Gasteiger partial charge in [0.2, 0.25) is 0 Å². The van der Waals surface area contributed by atoms with Crippen LogP contribution in [0.4, 0.5) is 16.2 Å². The average Bonchev–Trinajstić information content (AvgIpc) is 2.40. The smallest absolute Gasteiger partial charge is 0.321 e. The van der Waals surface area contributed by atoms with E-state index in [1.54, 1.807) is 0 Å². The number of carboxylic acid groups (broad SMARTS) is 1. The highest BCUT2D eigenvalue weighted by molar-refractivity contribution is 9.10. The third kappa shape index (κ3) is 4.71. The minimum atomic E-state index is -0.994. The monoisotopic (exact) mass is 359 g/mol. The maximum Gasteiger partial charge on any atom is 0.321 e. The molecule has 0 aliphatic carbocycles. The van der Waals surface area contributed by atoms with Gasteiger partial charge in [0.05, 0.1) is 16.5 Å². The second kappa shape index (κ2) is 7.02. The van der Waals surface area contributed by atoms with Gasteiger partial charge in [-0.2, -0.15) is 0 Å². The van der Waals surface area contributed by atoms with E-state index in [1.807, 2.05) is 0 Å². The summed E-state index contributed by atoms with van der Waals surface area (Å²) in [6.45, 7) is 1.54. The van der Waals surface area contributed by atoms with Crippen LogP contribution in [0, 0.1) is 16.0 Å². The van der Waals surface area contributed by atoms with Gasteiger partial charge in [0.25, 0.3) is 5.69 Å². The third-order valence-electron chi connectivity index (χ3n) is 2.72. The molecule has 0 spiro atoms. The number of aliphatic carboxylic acids is 1. The highest BCUT2D eigenvalue weighted by Gasteiger charge is 2.18. The minimum Gasteiger partial charge on any atom is -0.481 e. The molecule has 1 rings (SSSR count). The van der Waals surface area contributed by atoms with E-state index in [2.05, 4.69) is 21.2 Å². The summed E-state index contributed by atoms with van der Waals surface area (Å²) < 4.78 is 0.365. The Hall–Kier alpha value is -2.16. The number of amides is 2. The highest BCUT2D eigenvalue weighted by atomic mass is 79.9. The van der Waals surface area contributed by atoms with Crippen molar-refractivity contribution in [3.63, 3.8) is 0 Å². The predicted octanol–water partition coefficient (Wildman–Crippen LogP) is 2.54. The van der Waals surface area contributed by atoms with Crippen molar-refractivity contribution in [2.45, 2.75) is 6.92 Å². The van der Waals surface area contributed by atoms with Crippen LogP contribution in [0.15, 0.2) is 22.7 Å². The first-order chi connectivity index (χ1) is 9.72. The number of carboxylic acids is 1. The van der Waals surface area contributed by atoms with Gasteiger partial charge in [-0.15, -0.1) is 0 Å². The fourth-order valence-corrected chi connectivity index (χ4v) is 1.97. The molecular weight excluding hydrogens is 346 g/mol. The standard InChI is InChI=1S/C12H14BrN3O5/c1-7(11(17)18)6-15(2)12(19)14-10-4-3-8(16(20)21)5-9(10)13/h3-5,7H,6H2,1-2H3,(H,14,19)(H,17,18). The van der Waals surface area contributed by atoms with Crippen molar-refractivity contribution in [3.8, 4) is 0 Å². The molecule has 2 N–H and O–H groups in total. The van der Waals surface area contributed by atoms with Crippen LogP contribution in [0.2, 0.25) is 0 Å². The second-order valence-electron chi connectivity index (χ2n) is 4.47. The van der Waals surface area contributed by atoms with Crippen molar-refractivity contribution in [2.75, 3.05) is 18.9 Å². The molecule has 9 heteroatoms. The predicted molar refractivity (Wildman–Crippen MR) is 79.2 cm³/mol. The summed E-state index contributed by atoms with van der Waals surface area (Å²) in [6.07, 6.45) is 0. The lowest BCUT2D eigenvalue weighted by molar-refractivity contribution is -0.384. The van der Waals surface area contributed by atoms with Gasteiger partial charge >= 0.3 is 12.0 Å². The summed E-state index contributed by atoms with van der Waals surface area (Å²) in [5.41, 5.74) is 0.258. The van der Waals surface area contributed by atoms with Gasteiger partial charge in [0.1, 0.15) is 0 Å². The van der Waals surface area contributed by atoms with Crippen molar-refractivity contribution in [3.05, 3.63) is 32.8 Å². The van der Waals surface area contributed by atoms with E-state index in [0.29, 0.717) is 10.2 Å². The van der Waals surface area contributed by atoms with E-state index in [4.69, 9.17) is 5.11 Å². The minimum absolute atomic E-state index is 0.0474. The lowest BCUT2D eigenvalue weighted by Crippen LogP contribution is -2.36. The number of non-ortho nitro benzene ring substituents is 1. The Morgan fingerprint density at radius 1 is 1.52 bits per heavy atom. The number of nitrogens with zero attached hydrogens (tertiary/aromatic N) is 2. The molecular formula is C12H14BrN3O5. The van der Waals surface area contributed by atoms with Crippen molar-refractivity contribution < 1.29 is 19.6 Å². The number of nitrogens with one attached hydrogen (secondary N) is 1. The van der Waals surface area contributed by atoms with Gasteiger partial charge in [0.15, 0.2) is 0 Å². The maximum atomic E-state index is 11.9. The lowest BCUT2D eigenvalue weighted by Gasteiger charge is -2.20. The quantitative estimate of drug-likeness (QED) is 0.619. The molecule has 0 aliphatic heterocycles. The Balaban J connectivity index is 2.74. The Kier molecular flexibility index (Phi) is 5.65. The molecule has 0 heterocycles. The van der Waals surface area contributed by atoms with Gasteiger partial charge in [-0.3, -0.25) is 14.9 Å². The number of nitro benzene ring substituents is 1. The number of urea groups is 1. The van der Waals surface area contributed by atoms with Gasteiger partial charge in [-0.05, 0) is 22.0 Å². The largest absolute Gasteiger partial charge is 0.481 e. The first-order valence-corrected chi connectivity index (χ1v) is 6.70. The number of halogens is 1. The van der Waals surface area contributed by atoms with Crippen LogP contribution >= 0.6 is 15.9 Å². The van der Waals surface area contributed by atoms with Crippen LogP contribution in [-0.4, -0.2) is 40.5 Å². The summed E-state index contributed by atoms with van der Waals surface area (Å²) in [4.78, 5) is 33.9. The topological polar surface area (TPSA) is 113 Å². The molecule has 0 fully saturated rings. The molecule has 0 aliphatic rings. The molecule has 8 nitrogen and oxygen atoms in total. The molecule has 1 aromatic carbocycles. The molecule has 1 unspecified atom stereocenters. The van der Waals surface area contributed by atoms with E-state index >= 15 is 0 Å². The Bertz CT molecular complexity index is 578. The number of anilines is 1. The number of carbonyl (C=O) groups excluding carboxylic acids is 1. The van der Waals surface area contributed by atoms with Gasteiger partial charge in [0, 0.05) is 30.2 Å². The SMILES string of the molecule is CC(CN(C)C(=O)Nc1ccc([N+](=O)[O-])cc1Br)C(=O)O. The average molecular weight is 360 g/mol. The van der Waals surface area contributed by atoms with Crippen LogP contribution in [0.25, 0.3) is 0 Å². The molecule has 0 bridgehead atoms. The van der Waals surface area contributed by atoms with Crippen LogP contribution in [-0.2, 0) is 4.79 Å². The number of nitro groups is 1. The molecule has 0 saturated carbocycles. The van der Waals surface area contributed by atoms with Crippen LogP contribution in [0.3, 0.4) is 0 Å². The lowest BCUT2D eigenvalue weighted by atomic mass is 10.2. The molecule has 2 amide bonds. The second-order valence-corrected chi connectivity index (χ2v) is 5.33. The van der Waals surface area contributed by atoms with E-state index < -0.39 is 22.8 Å². The summed E-state index contributed by atoms with van der Waals surface area (Å²) >= 11 is 3.14. The Labute approximate surface area is 129 Å². The zero-order valence-electron chi connectivity index (χ0n) is 11.4. The number of carbonyl (C=O) groups is 2. The first kappa shape index (κ1) is 16.9. The zero-order valence-corrected chi connectivity index (χ0v) is 13.0. The van der Waals surface area contributed by atoms with Crippen molar-refractivity contribution in [1.29, 1.82) is 0 Å². The zero-order chi connectivity index (χ0) is 16.2. The number of hydrogen-bond donors (Lipinski definition) is 2. The number of rotatable bonds is 5. The van der Waals surface area contributed by atoms with Crippen LogP contribution in [0.1, 0.15) is 6.92 Å². The molecule has 0 aromatic heterocycles. The van der Waals surface area contributed by atoms with Crippen molar-refractivity contribution >= 4 is 39.3 Å². The van der Waals surface area contributed by atoms with E-state index in [9.17, 15) is 19.7 Å². The normalized spacial score (nSPS) is 11.6. The van der Waals surface area contributed by atoms with Gasteiger partial charge in [-0.1, -0.05) is 6.92 Å². The Morgan fingerprint density at radius 2 is 2.14 bits per heavy atom. The van der Waals surface area contributed by atoms with E-state index in [1.165, 1.54) is 37.1 Å². The van der Waals surface area contributed by atoms with Crippen molar-refractivity contribution in [1.82, 2.24) is 4.90 Å². The highest BCUT2D eigenvalue weighted by Crippen LogP contribution is 2.27. The molecule has 21 heavy (non-hydrogen) atoms. The summed E-state index contributed by atoms with van der Waals surface area (Å²) in [5, 5.41) is 22.0. The van der Waals surface area contributed by atoms with E-state index in [-0.39, 0.29) is 12.2 Å². The number of hydrogen-bond acceptors (Lipinski definition) is 4. The van der Waals surface area contributed by atoms with E-state index in [0.717, 1.165) is 0 Å². The number of benzene rings is 1. The van der Waals surface area contributed by atoms with Crippen LogP contribution in [0.5, 0.6) is 0 Å². The summed E-state index contributed by atoms with van der Waals surface area (Å²) in [5.74, 6) is -1.69. The molecule has 114 valence electrons. The maximum absolute atomic E-state index is 11.9. The van der Waals surface area contributed by atoms with Gasteiger partial charge < -0.3 is 15.3 Å². The molecule has 1 atom stereocenters. The summed E-state index contributed by atoms with van der Waals surface area (Å²) in [6, 6.07) is 3.43. The van der Waals surface area contributed by atoms with Crippen molar-refractivity contribution in [2.24, 2.45) is 5.92 Å². The fourth-order valence-electron chi connectivity index (χ4n) is 1.50.